The number of benzene rings is 2. The maximum Gasteiger partial charge on any atom is 0.337 e. The van der Waals surface area contributed by atoms with E-state index in [1.165, 1.54) is 18.2 Å². The van der Waals surface area contributed by atoms with E-state index in [2.05, 4.69) is 5.32 Å². The number of nitrogens with one attached hydrogen (secondary N) is 1. The Balaban J connectivity index is 2.39. The minimum Gasteiger partial charge on any atom is -0.478 e. The third kappa shape index (κ3) is 3.23. The van der Waals surface area contributed by atoms with Crippen LogP contribution >= 0.6 is 11.6 Å². The molecule has 0 saturated carbocycles. The van der Waals surface area contributed by atoms with Crippen molar-refractivity contribution in [2.24, 2.45) is 0 Å². The highest BCUT2D eigenvalue weighted by Gasteiger charge is 2.16. The van der Waals surface area contributed by atoms with Crippen LogP contribution in [0, 0.1) is 13.8 Å². The summed E-state index contributed by atoms with van der Waals surface area (Å²) in [5.41, 5.74) is 2.39. The SMILES string of the molecule is Cc1cccc(C)c1C(=O)Nc1ccc(Cl)cc1C(=O)O. The number of rotatable bonds is 3. The van der Waals surface area contributed by atoms with E-state index in [0.29, 0.717) is 10.6 Å². The van der Waals surface area contributed by atoms with Crippen LogP contribution < -0.4 is 5.32 Å². The molecule has 0 spiro atoms. The van der Waals surface area contributed by atoms with Crippen LogP contribution in [0.1, 0.15) is 31.8 Å². The van der Waals surface area contributed by atoms with Gasteiger partial charge >= 0.3 is 5.97 Å². The molecule has 5 heteroatoms. The van der Waals surface area contributed by atoms with Gasteiger partial charge in [-0.1, -0.05) is 29.8 Å². The Kier molecular flexibility index (Phi) is 4.29. The molecule has 2 aromatic rings. The Morgan fingerprint density at radius 3 is 2.29 bits per heavy atom. The molecule has 0 bridgehead atoms. The van der Waals surface area contributed by atoms with Crippen molar-refractivity contribution in [3.05, 3.63) is 63.7 Å². The van der Waals surface area contributed by atoms with Crippen LogP contribution in [0.2, 0.25) is 5.02 Å². The number of carboxylic acids is 1. The van der Waals surface area contributed by atoms with E-state index < -0.39 is 5.97 Å². The van der Waals surface area contributed by atoms with E-state index in [4.69, 9.17) is 11.6 Å². The second kappa shape index (κ2) is 5.97. The first kappa shape index (κ1) is 15.1. The van der Waals surface area contributed by atoms with E-state index >= 15 is 0 Å². The number of aromatic carboxylic acids is 1. The van der Waals surface area contributed by atoms with Gasteiger partial charge in [-0.2, -0.15) is 0 Å². The summed E-state index contributed by atoms with van der Waals surface area (Å²) >= 11 is 5.79. The van der Waals surface area contributed by atoms with Gasteiger partial charge in [0.2, 0.25) is 0 Å². The first-order valence-corrected chi connectivity index (χ1v) is 6.68. The van der Waals surface area contributed by atoms with E-state index in [0.717, 1.165) is 11.1 Å². The lowest BCUT2D eigenvalue weighted by Crippen LogP contribution is -2.17. The predicted molar refractivity (Wildman–Crippen MR) is 82.3 cm³/mol. The zero-order valence-electron chi connectivity index (χ0n) is 11.6. The van der Waals surface area contributed by atoms with Crippen molar-refractivity contribution < 1.29 is 14.7 Å². The fourth-order valence-corrected chi connectivity index (χ4v) is 2.33. The van der Waals surface area contributed by atoms with Crippen molar-refractivity contribution in [2.75, 3.05) is 5.32 Å². The van der Waals surface area contributed by atoms with Gasteiger partial charge in [0, 0.05) is 10.6 Å². The molecule has 4 nitrogen and oxygen atoms in total. The third-order valence-corrected chi connectivity index (χ3v) is 3.40. The van der Waals surface area contributed by atoms with Gasteiger partial charge in [0.15, 0.2) is 0 Å². The summed E-state index contributed by atoms with van der Waals surface area (Å²) in [6.45, 7) is 3.67. The highest BCUT2D eigenvalue weighted by molar-refractivity contribution is 6.31. The summed E-state index contributed by atoms with van der Waals surface area (Å²) in [5.74, 6) is -1.48. The number of carbonyl (C=O) groups excluding carboxylic acids is 1. The van der Waals surface area contributed by atoms with Crippen LogP contribution in [0.3, 0.4) is 0 Å². The van der Waals surface area contributed by atoms with E-state index in [-0.39, 0.29) is 17.2 Å². The lowest BCUT2D eigenvalue weighted by Gasteiger charge is -2.12. The molecule has 0 fully saturated rings. The minimum absolute atomic E-state index is 0.0397. The van der Waals surface area contributed by atoms with Gasteiger partial charge in [-0.25, -0.2) is 4.79 Å². The fourth-order valence-electron chi connectivity index (χ4n) is 2.16. The first-order valence-electron chi connectivity index (χ1n) is 6.30. The van der Waals surface area contributed by atoms with Crippen LogP contribution in [0.25, 0.3) is 0 Å². The highest BCUT2D eigenvalue weighted by Crippen LogP contribution is 2.22. The molecule has 1 amide bonds. The molecule has 0 aliphatic heterocycles. The zero-order valence-corrected chi connectivity index (χ0v) is 12.4. The van der Waals surface area contributed by atoms with Crippen LogP contribution in [0.5, 0.6) is 0 Å². The molecule has 2 rings (SSSR count). The van der Waals surface area contributed by atoms with E-state index in [9.17, 15) is 14.7 Å². The van der Waals surface area contributed by atoms with E-state index in [1.807, 2.05) is 32.0 Å². The number of carbonyl (C=O) groups is 2. The smallest absolute Gasteiger partial charge is 0.337 e. The molecule has 2 aromatic carbocycles. The Morgan fingerprint density at radius 1 is 1.10 bits per heavy atom. The summed E-state index contributed by atoms with van der Waals surface area (Å²) in [7, 11) is 0. The van der Waals surface area contributed by atoms with Crippen LogP contribution in [-0.2, 0) is 0 Å². The van der Waals surface area contributed by atoms with Crippen LogP contribution in [0.15, 0.2) is 36.4 Å². The predicted octanol–water partition coefficient (Wildman–Crippen LogP) is 3.91. The quantitative estimate of drug-likeness (QED) is 0.903. The highest BCUT2D eigenvalue weighted by atomic mass is 35.5. The minimum atomic E-state index is -1.14. The number of hydrogen-bond acceptors (Lipinski definition) is 2. The van der Waals surface area contributed by atoms with Gasteiger partial charge in [0.05, 0.1) is 11.3 Å². The molecule has 2 N–H and O–H groups in total. The van der Waals surface area contributed by atoms with Gasteiger partial charge in [-0.05, 0) is 43.2 Å². The molecule has 0 saturated heterocycles. The summed E-state index contributed by atoms with van der Waals surface area (Å²) in [5, 5.41) is 12.1. The lowest BCUT2D eigenvalue weighted by atomic mass is 10.0. The number of aryl methyl sites for hydroxylation is 2. The Morgan fingerprint density at radius 2 is 1.71 bits per heavy atom. The summed E-state index contributed by atoms with van der Waals surface area (Å²) < 4.78 is 0. The summed E-state index contributed by atoms with van der Waals surface area (Å²) in [4.78, 5) is 23.6. The standard InChI is InChI=1S/C16H14ClNO3/c1-9-4-3-5-10(2)14(9)15(19)18-13-7-6-11(17)8-12(13)16(20)21/h3-8H,1-2H3,(H,18,19)(H,20,21). The van der Waals surface area contributed by atoms with Gasteiger partial charge in [0.1, 0.15) is 0 Å². The molecule has 108 valence electrons. The molecule has 0 aliphatic carbocycles. The molecule has 0 unspecified atom stereocenters. The molecule has 0 radical (unpaired) electrons. The molecular formula is C16H14ClNO3. The molecule has 0 atom stereocenters. The van der Waals surface area contributed by atoms with Crippen molar-refractivity contribution in [1.29, 1.82) is 0 Å². The Bertz CT molecular complexity index is 705. The second-order valence-electron chi connectivity index (χ2n) is 4.72. The van der Waals surface area contributed by atoms with Gasteiger partial charge in [-0.3, -0.25) is 4.79 Å². The number of carboxylic acid groups (broad SMARTS) is 1. The second-order valence-corrected chi connectivity index (χ2v) is 5.15. The van der Waals surface area contributed by atoms with Gasteiger partial charge in [0.25, 0.3) is 5.91 Å². The number of anilines is 1. The number of halogens is 1. The van der Waals surface area contributed by atoms with Gasteiger partial charge < -0.3 is 10.4 Å². The first-order chi connectivity index (χ1) is 9.90. The molecule has 0 aromatic heterocycles. The molecular weight excluding hydrogens is 290 g/mol. The number of hydrogen-bond donors (Lipinski definition) is 2. The van der Waals surface area contributed by atoms with Crippen molar-refractivity contribution in [1.82, 2.24) is 0 Å². The number of amides is 1. The summed E-state index contributed by atoms with van der Waals surface area (Å²) in [6.07, 6.45) is 0. The monoisotopic (exact) mass is 303 g/mol. The normalized spacial score (nSPS) is 10.2. The molecule has 0 aliphatic rings. The zero-order chi connectivity index (χ0) is 15.6. The van der Waals surface area contributed by atoms with E-state index in [1.54, 1.807) is 0 Å². The lowest BCUT2D eigenvalue weighted by molar-refractivity contribution is 0.0698. The average molecular weight is 304 g/mol. The van der Waals surface area contributed by atoms with Gasteiger partial charge in [-0.15, -0.1) is 0 Å². The van der Waals surface area contributed by atoms with Crippen LogP contribution in [0.4, 0.5) is 5.69 Å². The Hall–Kier alpha value is -2.33. The largest absolute Gasteiger partial charge is 0.478 e. The molecule has 21 heavy (non-hydrogen) atoms. The average Bonchev–Trinajstić information content (AvgIpc) is 2.40. The topological polar surface area (TPSA) is 66.4 Å². The van der Waals surface area contributed by atoms with Crippen LogP contribution in [-0.4, -0.2) is 17.0 Å². The fraction of sp³-hybridized carbons (Fsp3) is 0.125. The van der Waals surface area contributed by atoms with Crippen molar-refractivity contribution in [2.45, 2.75) is 13.8 Å². The maximum atomic E-state index is 12.4. The third-order valence-electron chi connectivity index (χ3n) is 3.17. The van der Waals surface area contributed by atoms with Crippen molar-refractivity contribution in [3.63, 3.8) is 0 Å². The molecule has 0 heterocycles. The maximum absolute atomic E-state index is 12.4. The Labute approximate surface area is 127 Å². The van der Waals surface area contributed by atoms with Crippen molar-refractivity contribution in [3.8, 4) is 0 Å². The van der Waals surface area contributed by atoms with Crippen molar-refractivity contribution >= 4 is 29.2 Å². The summed E-state index contributed by atoms with van der Waals surface area (Å²) in [6, 6.07) is 9.87.